The fourth-order valence-electron chi connectivity index (χ4n) is 6.76. The predicted molar refractivity (Wildman–Crippen MR) is 213 cm³/mol. The summed E-state index contributed by atoms with van der Waals surface area (Å²) < 4.78 is 40.6. The summed E-state index contributed by atoms with van der Waals surface area (Å²) in [5.41, 5.74) is -1.67. The van der Waals surface area contributed by atoms with Gasteiger partial charge in [-0.3, -0.25) is 14.4 Å². The van der Waals surface area contributed by atoms with Crippen molar-refractivity contribution in [3.05, 3.63) is 61.0 Å². The minimum absolute atomic E-state index is 0.00238. The van der Waals surface area contributed by atoms with Crippen molar-refractivity contribution >= 4 is 45.2 Å². The van der Waals surface area contributed by atoms with E-state index in [-0.39, 0.29) is 24.4 Å². The van der Waals surface area contributed by atoms with E-state index in [1.807, 2.05) is 17.5 Å². The number of likely N-dealkylation sites (tertiary alicyclic amines) is 1. The Bertz CT molecular complexity index is 2310. The van der Waals surface area contributed by atoms with Crippen molar-refractivity contribution in [2.24, 2.45) is 18.4 Å². The Kier molecular flexibility index (Phi) is 11.3. The predicted octanol–water partition coefficient (Wildman–Crippen LogP) is 3.46. The van der Waals surface area contributed by atoms with E-state index in [0.717, 1.165) is 5.56 Å². The first-order valence-corrected chi connectivity index (χ1v) is 20.8. The van der Waals surface area contributed by atoms with Crippen molar-refractivity contribution in [2.75, 3.05) is 13.7 Å². The van der Waals surface area contributed by atoms with Gasteiger partial charge in [0.2, 0.25) is 11.8 Å². The Morgan fingerprint density at radius 3 is 2.29 bits per heavy atom. The van der Waals surface area contributed by atoms with Crippen molar-refractivity contribution < 1.29 is 37.1 Å². The molecule has 18 nitrogen and oxygen atoms in total. The van der Waals surface area contributed by atoms with Crippen LogP contribution in [-0.2, 0) is 36.2 Å². The van der Waals surface area contributed by atoms with Gasteiger partial charge in [-0.05, 0) is 56.9 Å². The van der Waals surface area contributed by atoms with Crippen molar-refractivity contribution in [1.29, 1.82) is 0 Å². The zero-order valence-corrected chi connectivity index (χ0v) is 35.2. The Morgan fingerprint density at radius 2 is 1.74 bits per heavy atom. The molecule has 3 aromatic heterocycles. The van der Waals surface area contributed by atoms with E-state index in [0.29, 0.717) is 22.1 Å². The molecule has 1 aromatic carbocycles. The summed E-state index contributed by atoms with van der Waals surface area (Å²) in [7, 11) is -1.25. The van der Waals surface area contributed by atoms with Crippen LogP contribution in [0.2, 0.25) is 0 Å². The Labute approximate surface area is 340 Å². The number of nitrogens with one attached hydrogen (secondary N) is 3. The highest BCUT2D eigenvalue weighted by molar-refractivity contribution is 7.90. The summed E-state index contributed by atoms with van der Waals surface area (Å²) in [5.74, 6) is -2.26. The second-order valence-electron chi connectivity index (χ2n) is 16.4. The zero-order chi connectivity index (χ0) is 42.4. The van der Waals surface area contributed by atoms with Crippen LogP contribution in [0.1, 0.15) is 60.4 Å². The van der Waals surface area contributed by atoms with Gasteiger partial charge in [0.1, 0.15) is 45.4 Å². The van der Waals surface area contributed by atoms with Gasteiger partial charge in [-0.2, -0.15) is 18.3 Å². The van der Waals surface area contributed by atoms with Crippen molar-refractivity contribution in [3.8, 4) is 27.7 Å². The van der Waals surface area contributed by atoms with Gasteiger partial charge in [0, 0.05) is 49.3 Å². The van der Waals surface area contributed by atoms with Crippen LogP contribution >= 0.6 is 11.3 Å². The highest BCUT2D eigenvalue weighted by Gasteiger charge is 2.61. The maximum atomic E-state index is 14.7. The van der Waals surface area contributed by atoms with Gasteiger partial charge in [0.15, 0.2) is 5.03 Å². The van der Waals surface area contributed by atoms with E-state index in [2.05, 4.69) is 31.9 Å². The zero-order valence-electron chi connectivity index (χ0n) is 33.5. The molecule has 0 spiro atoms. The van der Waals surface area contributed by atoms with Crippen molar-refractivity contribution in [1.82, 2.24) is 49.8 Å². The molecule has 4 amide bonds. The number of amides is 4. The number of carbonyl (C=O) groups excluding carboxylic acids is 4. The molecule has 0 bridgehead atoms. The maximum absolute atomic E-state index is 14.7. The number of imidazole rings is 1. The number of benzene rings is 1. The van der Waals surface area contributed by atoms with E-state index >= 15 is 0 Å². The van der Waals surface area contributed by atoms with Crippen molar-refractivity contribution in [3.63, 3.8) is 0 Å². The van der Waals surface area contributed by atoms with E-state index < -0.39 is 74.4 Å². The Morgan fingerprint density at radius 1 is 1.05 bits per heavy atom. The molecule has 4 heterocycles. The minimum atomic E-state index is -4.40. The van der Waals surface area contributed by atoms with Gasteiger partial charge in [0.25, 0.3) is 15.9 Å². The van der Waals surface area contributed by atoms with Gasteiger partial charge < -0.3 is 29.6 Å². The lowest BCUT2D eigenvalue weighted by Gasteiger charge is -2.36. The first kappa shape index (κ1) is 42.0. The number of hydrogen-bond donors (Lipinski definition) is 3. The average molecular weight is 837 g/mol. The molecule has 20 heteroatoms. The molecule has 6 rings (SSSR count). The highest BCUT2D eigenvalue weighted by atomic mass is 32.2. The molecule has 310 valence electrons. The van der Waals surface area contributed by atoms with Crippen LogP contribution < -0.4 is 20.1 Å². The number of nitrogens with zero attached hydrogens (tertiary/aromatic N) is 7. The highest BCUT2D eigenvalue weighted by Crippen LogP contribution is 2.45. The average Bonchev–Trinajstić information content (AvgIpc) is 3.75. The van der Waals surface area contributed by atoms with E-state index in [4.69, 9.17) is 19.7 Å². The van der Waals surface area contributed by atoms with Crippen LogP contribution in [0.4, 0.5) is 4.79 Å². The molecule has 5 atom stereocenters. The Hall–Kier alpha value is -5.63. The number of thiazole rings is 1. The summed E-state index contributed by atoms with van der Waals surface area (Å²) in [5, 5.41) is 17.3. The summed E-state index contributed by atoms with van der Waals surface area (Å²) in [6.07, 6.45) is 4.86. The van der Waals surface area contributed by atoms with Crippen LogP contribution in [0.5, 0.6) is 5.75 Å². The monoisotopic (exact) mass is 836 g/mol. The fraction of sp³-hybridized carbons (Fsp3) is 0.474. The molecule has 1 saturated heterocycles. The number of methoxy groups -OCH3 is 1. The topological polar surface area (TPSA) is 222 Å². The third-order valence-corrected chi connectivity index (χ3v) is 11.8. The molecule has 3 N–H and O–H groups in total. The van der Waals surface area contributed by atoms with E-state index in [1.54, 1.807) is 74.0 Å². The molecule has 1 saturated carbocycles. The molecular weight excluding hydrogens is 789 g/mol. The van der Waals surface area contributed by atoms with Gasteiger partial charge in [-0.25, -0.2) is 19.5 Å². The van der Waals surface area contributed by atoms with E-state index in [1.165, 1.54) is 44.2 Å². The van der Waals surface area contributed by atoms with Crippen LogP contribution in [0.25, 0.3) is 22.0 Å². The van der Waals surface area contributed by atoms with Gasteiger partial charge in [-0.15, -0.1) is 23.0 Å². The number of alkyl carbamates (subject to hydrolysis) is 1. The molecule has 58 heavy (non-hydrogen) atoms. The number of ether oxygens (including phenoxy) is 2. The fourth-order valence-corrected chi connectivity index (χ4v) is 8.40. The van der Waals surface area contributed by atoms with Crippen LogP contribution in [0.15, 0.2) is 66.0 Å². The molecule has 1 aliphatic carbocycles. The number of hydrogen-bond acceptors (Lipinski definition) is 13. The number of carbonyl (C=O) groups is 4. The quantitative estimate of drug-likeness (QED) is 0.175. The molecule has 2 fully saturated rings. The molecule has 1 aliphatic heterocycles. The maximum Gasteiger partial charge on any atom is 0.408 e. The summed E-state index contributed by atoms with van der Waals surface area (Å²) in [6.45, 7) is 14.1. The lowest BCUT2D eigenvalue weighted by atomic mass is 9.85. The smallest absolute Gasteiger partial charge is 0.408 e. The number of sulfonamides is 1. The third kappa shape index (κ3) is 8.76. The third-order valence-electron chi connectivity index (χ3n) is 9.83. The summed E-state index contributed by atoms with van der Waals surface area (Å²) in [4.78, 5) is 67.3. The molecular formula is C38H48N10O8S2. The number of rotatable bonds is 12. The second kappa shape index (κ2) is 15.6. The van der Waals surface area contributed by atoms with Gasteiger partial charge >= 0.3 is 6.09 Å². The van der Waals surface area contributed by atoms with Gasteiger partial charge in [-0.1, -0.05) is 26.8 Å². The normalized spacial score (nSPS) is 21.2. The second-order valence-corrected chi connectivity index (χ2v) is 19.0. The molecule has 0 radical (unpaired) electrons. The summed E-state index contributed by atoms with van der Waals surface area (Å²) in [6, 6.07) is 4.22. The van der Waals surface area contributed by atoms with Crippen LogP contribution in [0, 0.1) is 11.3 Å². The van der Waals surface area contributed by atoms with Crippen molar-refractivity contribution in [2.45, 2.75) is 88.7 Å². The molecule has 0 unspecified atom stereocenters. The number of aromatic nitrogens is 6. The molecule has 2 aliphatic rings. The lowest BCUT2D eigenvalue weighted by Crippen LogP contribution is -2.60. The summed E-state index contributed by atoms with van der Waals surface area (Å²) >= 11 is 1.37. The Balaban J connectivity index is 1.36. The largest absolute Gasteiger partial charge is 0.497 e. The standard InChI is InChI=1S/C38H48N10O8S2/c1-10-23-18-38(23,34(51)45-58(53,54)27-20-46(8)21-40-27)42-31(49)26-17-24(19-47(26)33(50)30(36(2,3)4)41-35(52)56-37(5,6)7)48-43-28(22-11-13-25(55-9)14-12-22)29(44-48)32-39-15-16-57-32/h10-16,20-21,23-24,26,30H,1,17-19H2,2-9H3,(H,41,52)(H,42,49)(H,45,51)/t23-,24-,26+,30-,38+/m1/s1. The van der Waals surface area contributed by atoms with E-state index in [9.17, 15) is 27.6 Å². The van der Waals surface area contributed by atoms with Gasteiger partial charge in [0.05, 0.1) is 19.5 Å². The lowest BCUT2D eigenvalue weighted by molar-refractivity contribution is -0.143. The van der Waals surface area contributed by atoms with Crippen LogP contribution in [-0.4, -0.2) is 104 Å². The molecule has 4 aromatic rings. The first-order chi connectivity index (χ1) is 27.2. The van der Waals surface area contributed by atoms with Crippen LogP contribution in [0.3, 0.4) is 0 Å². The first-order valence-electron chi connectivity index (χ1n) is 18.5. The number of aryl methyl sites for hydroxylation is 1. The SMILES string of the molecule is C=C[C@@H]1C[C@@]1(NC(=O)[C@@H]1C[C@@H](n2nc(-c3ccc(OC)cc3)c(-c3nccs3)n2)CN1C(=O)[C@@H](NC(=O)OC(C)(C)C)C(C)(C)C)C(=O)NS(=O)(=O)c1cn(C)cn1. The minimum Gasteiger partial charge on any atom is -0.497 e.